The number of fused-ring (bicyclic) bond motifs is 1. The summed E-state index contributed by atoms with van der Waals surface area (Å²) in [5, 5.41) is 16.2. The maximum absolute atomic E-state index is 10.8. The molecule has 4 aromatic rings. The lowest BCUT2D eigenvalue weighted by molar-refractivity contribution is -0.384. The van der Waals surface area contributed by atoms with Crippen molar-refractivity contribution in [3.8, 4) is 17.2 Å². The van der Waals surface area contributed by atoms with Gasteiger partial charge in [0.1, 0.15) is 20.9 Å². The monoisotopic (exact) mass is 502 g/mol. The molecule has 0 aliphatic rings. The number of nitro benzene ring substituents is 1. The van der Waals surface area contributed by atoms with E-state index in [1.807, 2.05) is 28.9 Å². The molecule has 0 unspecified atom stereocenters. The minimum Gasteiger partial charge on any atom is -0.497 e. The molecule has 0 fully saturated rings. The molecule has 0 aliphatic carbocycles. The molecule has 2 heterocycles. The van der Waals surface area contributed by atoms with E-state index in [0.717, 1.165) is 20.4 Å². The minimum atomic E-state index is -0.444. The molecular formula is C20H15IN4O4. The number of nitrogens with zero attached hydrogens (tertiary/aromatic N) is 4. The van der Waals surface area contributed by atoms with Gasteiger partial charge in [0, 0.05) is 24.4 Å². The van der Waals surface area contributed by atoms with E-state index in [9.17, 15) is 10.1 Å². The Morgan fingerprint density at radius 2 is 1.76 bits per heavy atom. The summed E-state index contributed by atoms with van der Waals surface area (Å²) in [5.41, 5.74) is 1.78. The molecule has 0 radical (unpaired) electrons. The number of rotatable bonds is 6. The van der Waals surface area contributed by atoms with E-state index in [2.05, 4.69) is 32.7 Å². The summed E-state index contributed by atoms with van der Waals surface area (Å²) >= 11 is 2.15. The van der Waals surface area contributed by atoms with E-state index in [1.165, 1.54) is 12.1 Å². The van der Waals surface area contributed by atoms with E-state index in [4.69, 9.17) is 9.47 Å². The normalized spacial score (nSPS) is 10.8. The molecule has 9 heteroatoms. The van der Waals surface area contributed by atoms with Gasteiger partial charge in [-0.1, -0.05) is 12.1 Å². The first-order chi connectivity index (χ1) is 14.0. The maximum atomic E-state index is 10.8. The highest BCUT2D eigenvalue weighted by molar-refractivity contribution is 14.1. The van der Waals surface area contributed by atoms with Crippen LogP contribution in [0.2, 0.25) is 0 Å². The van der Waals surface area contributed by atoms with Gasteiger partial charge in [-0.3, -0.25) is 10.1 Å². The van der Waals surface area contributed by atoms with Gasteiger partial charge >= 0.3 is 0 Å². The van der Waals surface area contributed by atoms with Crippen LogP contribution in [0.1, 0.15) is 5.56 Å². The second kappa shape index (κ2) is 8.03. The number of halogens is 1. The Labute approximate surface area is 179 Å². The molecule has 0 aliphatic heterocycles. The summed E-state index contributed by atoms with van der Waals surface area (Å²) in [4.78, 5) is 14.8. The van der Waals surface area contributed by atoms with Gasteiger partial charge in [0.25, 0.3) is 5.69 Å². The Bertz CT molecular complexity index is 1170. The van der Waals surface area contributed by atoms with Gasteiger partial charge in [-0.05, 0) is 52.4 Å². The molecule has 146 valence electrons. The topological polar surface area (TPSA) is 92.3 Å². The summed E-state index contributed by atoms with van der Waals surface area (Å²) in [6.07, 6.45) is 1.66. The first-order valence-corrected chi connectivity index (χ1v) is 9.69. The largest absolute Gasteiger partial charge is 0.497 e. The van der Waals surface area contributed by atoms with Gasteiger partial charge in [0.05, 0.1) is 24.0 Å². The average Bonchev–Trinajstić information content (AvgIpc) is 3.05. The summed E-state index contributed by atoms with van der Waals surface area (Å²) in [6.45, 7) is 0.553. The summed E-state index contributed by atoms with van der Waals surface area (Å²) < 4.78 is 13.7. The maximum Gasteiger partial charge on any atom is 0.269 e. The van der Waals surface area contributed by atoms with E-state index in [1.54, 1.807) is 31.5 Å². The SMILES string of the molecule is COc1ccc(Cn2nc(I)c3c(Oc4ccc([N+](=O)[O-])cc4)ccnc32)cc1. The zero-order valence-corrected chi connectivity index (χ0v) is 17.4. The zero-order valence-electron chi connectivity index (χ0n) is 15.3. The van der Waals surface area contributed by atoms with E-state index < -0.39 is 4.92 Å². The molecule has 2 aromatic carbocycles. The molecule has 0 atom stereocenters. The van der Waals surface area contributed by atoms with Crippen molar-refractivity contribution in [2.24, 2.45) is 0 Å². The molecule has 0 N–H and O–H groups in total. The van der Waals surface area contributed by atoms with Crippen molar-refractivity contribution in [1.29, 1.82) is 0 Å². The predicted molar refractivity (Wildman–Crippen MR) is 116 cm³/mol. The summed E-state index contributed by atoms with van der Waals surface area (Å²) in [5.74, 6) is 1.89. The average molecular weight is 502 g/mol. The fourth-order valence-electron chi connectivity index (χ4n) is 2.89. The fourth-order valence-corrected chi connectivity index (χ4v) is 3.66. The predicted octanol–water partition coefficient (Wildman–Crippen LogP) is 4.79. The van der Waals surface area contributed by atoms with Gasteiger partial charge in [0.15, 0.2) is 5.65 Å². The number of methoxy groups -OCH3 is 1. The minimum absolute atomic E-state index is 0.0131. The molecule has 8 nitrogen and oxygen atoms in total. The van der Waals surface area contributed by atoms with E-state index >= 15 is 0 Å². The van der Waals surface area contributed by atoms with Crippen molar-refractivity contribution >= 4 is 39.3 Å². The van der Waals surface area contributed by atoms with Crippen LogP contribution in [0.25, 0.3) is 11.0 Å². The highest BCUT2D eigenvalue weighted by Gasteiger charge is 2.16. The Kier molecular flexibility index (Phi) is 5.30. The second-order valence-corrected chi connectivity index (χ2v) is 7.18. The van der Waals surface area contributed by atoms with Crippen LogP contribution < -0.4 is 9.47 Å². The summed E-state index contributed by atoms with van der Waals surface area (Å²) in [7, 11) is 1.63. The zero-order chi connectivity index (χ0) is 20.4. The van der Waals surface area contributed by atoms with Crippen molar-refractivity contribution in [2.75, 3.05) is 7.11 Å². The molecule has 29 heavy (non-hydrogen) atoms. The first-order valence-electron chi connectivity index (χ1n) is 8.61. The Morgan fingerprint density at radius 3 is 2.41 bits per heavy atom. The lowest BCUT2D eigenvalue weighted by Gasteiger charge is -2.07. The molecule has 0 saturated carbocycles. The van der Waals surface area contributed by atoms with Crippen molar-refractivity contribution in [2.45, 2.75) is 6.54 Å². The number of nitro groups is 1. The number of non-ortho nitro benzene ring substituents is 1. The van der Waals surface area contributed by atoms with Gasteiger partial charge in [0.2, 0.25) is 0 Å². The third-order valence-corrected chi connectivity index (χ3v) is 5.07. The van der Waals surface area contributed by atoms with Gasteiger partial charge in [-0.15, -0.1) is 0 Å². The molecule has 0 amide bonds. The lowest BCUT2D eigenvalue weighted by atomic mass is 10.2. The third-order valence-electron chi connectivity index (χ3n) is 4.32. The quantitative estimate of drug-likeness (QED) is 0.214. The van der Waals surface area contributed by atoms with Crippen LogP contribution in [0.4, 0.5) is 5.69 Å². The number of hydrogen-bond acceptors (Lipinski definition) is 6. The summed E-state index contributed by atoms with van der Waals surface area (Å²) in [6, 6.07) is 15.5. The van der Waals surface area contributed by atoms with E-state index in [0.29, 0.717) is 23.7 Å². The number of ether oxygens (including phenoxy) is 2. The van der Waals surface area contributed by atoms with Crippen LogP contribution in [0.3, 0.4) is 0 Å². The second-order valence-electron chi connectivity index (χ2n) is 6.16. The number of hydrogen-bond donors (Lipinski definition) is 0. The highest BCUT2D eigenvalue weighted by atomic mass is 127. The van der Waals surface area contributed by atoms with Crippen LogP contribution in [-0.4, -0.2) is 26.8 Å². The molecule has 0 spiro atoms. The molecule has 0 saturated heterocycles. The van der Waals surface area contributed by atoms with Crippen molar-refractivity contribution in [3.05, 3.63) is 80.2 Å². The van der Waals surface area contributed by atoms with Crippen LogP contribution in [-0.2, 0) is 6.54 Å². The van der Waals surface area contributed by atoms with Crippen molar-refractivity contribution < 1.29 is 14.4 Å². The Morgan fingerprint density at radius 1 is 1.07 bits per heavy atom. The molecule has 4 rings (SSSR count). The number of pyridine rings is 1. The fraction of sp³-hybridized carbons (Fsp3) is 0.100. The molecule has 0 bridgehead atoms. The first kappa shape index (κ1) is 19.1. The molecular weight excluding hydrogens is 487 g/mol. The molecule has 2 aromatic heterocycles. The highest BCUT2D eigenvalue weighted by Crippen LogP contribution is 2.33. The number of benzene rings is 2. The third kappa shape index (κ3) is 3.99. The standard InChI is InChI=1S/C20H15IN4O4/c1-28-15-6-2-13(3-7-15)12-24-20-18(19(21)23-24)17(10-11-22-20)29-16-8-4-14(5-9-16)25(26)27/h2-11H,12H2,1H3. The van der Waals surface area contributed by atoms with Crippen LogP contribution in [0, 0.1) is 13.8 Å². The Hall–Kier alpha value is -3.21. The van der Waals surface area contributed by atoms with Crippen molar-refractivity contribution in [1.82, 2.24) is 14.8 Å². The van der Waals surface area contributed by atoms with Crippen LogP contribution in [0.5, 0.6) is 17.2 Å². The Balaban J connectivity index is 1.65. The van der Waals surface area contributed by atoms with Gasteiger partial charge in [-0.2, -0.15) is 5.10 Å². The van der Waals surface area contributed by atoms with Crippen LogP contribution >= 0.6 is 22.6 Å². The van der Waals surface area contributed by atoms with Crippen molar-refractivity contribution in [3.63, 3.8) is 0 Å². The smallest absolute Gasteiger partial charge is 0.269 e. The lowest BCUT2D eigenvalue weighted by Crippen LogP contribution is -2.02. The number of aromatic nitrogens is 3. The van der Waals surface area contributed by atoms with Crippen LogP contribution in [0.15, 0.2) is 60.8 Å². The van der Waals surface area contributed by atoms with Gasteiger partial charge < -0.3 is 9.47 Å². The van der Waals surface area contributed by atoms with Gasteiger partial charge in [-0.25, -0.2) is 9.67 Å². The van der Waals surface area contributed by atoms with E-state index in [-0.39, 0.29) is 5.69 Å².